The highest BCUT2D eigenvalue weighted by Gasteiger charge is 2.25. The lowest BCUT2D eigenvalue weighted by atomic mass is 9.96. The van der Waals surface area contributed by atoms with Gasteiger partial charge in [-0.2, -0.15) is 0 Å². The topological polar surface area (TPSA) is 93.9 Å². The number of fused-ring (bicyclic) bond motifs is 1. The molecule has 2 aliphatic heterocycles. The van der Waals surface area contributed by atoms with Crippen molar-refractivity contribution in [1.29, 1.82) is 0 Å². The number of primary amides is 1. The number of likely N-dealkylation sites (tertiary alicyclic amines) is 1. The average Bonchev–Trinajstić information content (AvgIpc) is 3.00. The van der Waals surface area contributed by atoms with Crippen LogP contribution in [-0.4, -0.2) is 36.7 Å². The number of urea groups is 1. The summed E-state index contributed by atoms with van der Waals surface area (Å²) < 4.78 is 10.6. The van der Waals surface area contributed by atoms with Crippen LogP contribution >= 0.6 is 0 Å². The van der Waals surface area contributed by atoms with Crippen LogP contribution < -0.4 is 20.5 Å². The number of rotatable bonds is 3. The summed E-state index contributed by atoms with van der Waals surface area (Å²) in [5, 5.41) is 2.88. The van der Waals surface area contributed by atoms with Gasteiger partial charge in [0.15, 0.2) is 11.5 Å². The van der Waals surface area contributed by atoms with E-state index in [1.807, 2.05) is 18.2 Å². The molecule has 118 valence electrons. The van der Waals surface area contributed by atoms with Gasteiger partial charge in [-0.05, 0) is 30.5 Å². The number of carbonyl (C=O) groups excluding carboxylic acids is 2. The Morgan fingerprint density at radius 1 is 1.23 bits per heavy atom. The summed E-state index contributed by atoms with van der Waals surface area (Å²) in [7, 11) is 0. The Morgan fingerprint density at radius 2 is 1.95 bits per heavy atom. The molecule has 3 N–H and O–H groups in total. The fourth-order valence-electron chi connectivity index (χ4n) is 2.71. The fraction of sp³-hybridized carbons (Fsp3) is 0.467. The molecule has 2 heterocycles. The van der Waals surface area contributed by atoms with Crippen molar-refractivity contribution in [3.63, 3.8) is 0 Å². The first kappa shape index (κ1) is 14.5. The van der Waals surface area contributed by atoms with Crippen molar-refractivity contribution in [2.45, 2.75) is 19.4 Å². The predicted octanol–water partition coefficient (Wildman–Crippen LogP) is 0.822. The van der Waals surface area contributed by atoms with Crippen molar-refractivity contribution in [3.05, 3.63) is 23.8 Å². The average molecular weight is 305 g/mol. The largest absolute Gasteiger partial charge is 0.454 e. The molecule has 7 nitrogen and oxygen atoms in total. The molecule has 3 rings (SSSR count). The van der Waals surface area contributed by atoms with Gasteiger partial charge in [-0.3, -0.25) is 4.79 Å². The van der Waals surface area contributed by atoms with Gasteiger partial charge in [0.2, 0.25) is 12.7 Å². The van der Waals surface area contributed by atoms with Gasteiger partial charge in [0.05, 0.1) is 0 Å². The standard InChI is InChI=1S/C15H19N3O4/c16-14(19)11-3-5-18(6-4-11)15(20)17-8-10-1-2-12-13(7-10)22-9-21-12/h1-2,7,11H,3-6,8-9H2,(H2,16,19)(H,17,20). The Morgan fingerprint density at radius 3 is 2.68 bits per heavy atom. The molecule has 0 radical (unpaired) electrons. The molecule has 0 aliphatic carbocycles. The number of nitrogens with zero attached hydrogens (tertiary/aromatic N) is 1. The molecule has 0 saturated carbocycles. The molecular formula is C15H19N3O4. The van der Waals surface area contributed by atoms with Crippen LogP contribution in [-0.2, 0) is 11.3 Å². The number of hydrogen-bond acceptors (Lipinski definition) is 4. The van der Waals surface area contributed by atoms with Crippen molar-refractivity contribution in [2.75, 3.05) is 19.9 Å². The summed E-state index contributed by atoms with van der Waals surface area (Å²) >= 11 is 0. The summed E-state index contributed by atoms with van der Waals surface area (Å²) in [6, 6.07) is 5.47. The third-order valence-corrected chi connectivity index (χ3v) is 4.07. The van der Waals surface area contributed by atoms with E-state index in [1.165, 1.54) is 0 Å². The van der Waals surface area contributed by atoms with E-state index in [4.69, 9.17) is 15.2 Å². The summed E-state index contributed by atoms with van der Waals surface area (Å²) in [5.74, 6) is 1.04. The normalized spacial score (nSPS) is 17.4. The zero-order valence-corrected chi connectivity index (χ0v) is 12.2. The number of hydrogen-bond donors (Lipinski definition) is 2. The minimum absolute atomic E-state index is 0.113. The lowest BCUT2D eigenvalue weighted by Crippen LogP contribution is -2.46. The number of benzene rings is 1. The number of piperidine rings is 1. The van der Waals surface area contributed by atoms with Gasteiger partial charge in [-0.1, -0.05) is 6.07 Å². The maximum absolute atomic E-state index is 12.1. The monoisotopic (exact) mass is 305 g/mol. The molecule has 22 heavy (non-hydrogen) atoms. The van der Waals surface area contributed by atoms with Gasteiger partial charge in [0.1, 0.15) is 0 Å². The lowest BCUT2D eigenvalue weighted by molar-refractivity contribution is -0.123. The minimum Gasteiger partial charge on any atom is -0.454 e. The van der Waals surface area contributed by atoms with E-state index in [2.05, 4.69) is 5.32 Å². The number of ether oxygens (including phenoxy) is 2. The summed E-state index contributed by atoms with van der Waals surface area (Å²) in [6.45, 7) is 1.77. The summed E-state index contributed by atoms with van der Waals surface area (Å²) in [5.41, 5.74) is 6.24. The number of amides is 3. The van der Waals surface area contributed by atoms with Crippen molar-refractivity contribution < 1.29 is 19.1 Å². The molecule has 0 aromatic heterocycles. The van der Waals surface area contributed by atoms with E-state index in [-0.39, 0.29) is 24.6 Å². The zero-order valence-electron chi connectivity index (χ0n) is 12.2. The van der Waals surface area contributed by atoms with Crippen LogP contribution in [0.4, 0.5) is 4.79 Å². The second kappa shape index (κ2) is 6.13. The van der Waals surface area contributed by atoms with Gasteiger partial charge in [0.25, 0.3) is 0 Å². The molecule has 2 aliphatic rings. The number of carbonyl (C=O) groups is 2. The third-order valence-electron chi connectivity index (χ3n) is 4.07. The Labute approximate surface area is 128 Å². The Balaban J connectivity index is 1.49. The van der Waals surface area contributed by atoms with Crippen molar-refractivity contribution >= 4 is 11.9 Å². The van der Waals surface area contributed by atoms with Crippen LogP contribution in [0.1, 0.15) is 18.4 Å². The molecule has 1 fully saturated rings. The van der Waals surface area contributed by atoms with Gasteiger partial charge in [-0.15, -0.1) is 0 Å². The second-order valence-electron chi connectivity index (χ2n) is 5.51. The van der Waals surface area contributed by atoms with Crippen LogP contribution in [0.3, 0.4) is 0 Å². The van der Waals surface area contributed by atoms with Crippen molar-refractivity contribution in [1.82, 2.24) is 10.2 Å². The molecule has 1 aromatic carbocycles. The lowest BCUT2D eigenvalue weighted by Gasteiger charge is -2.30. The Kier molecular flexibility index (Phi) is 4.04. The van der Waals surface area contributed by atoms with Crippen molar-refractivity contribution in [3.8, 4) is 11.5 Å². The quantitative estimate of drug-likeness (QED) is 0.864. The first-order valence-corrected chi connectivity index (χ1v) is 7.34. The highest BCUT2D eigenvalue weighted by molar-refractivity contribution is 5.78. The highest BCUT2D eigenvalue weighted by Crippen LogP contribution is 2.32. The zero-order chi connectivity index (χ0) is 15.5. The molecule has 0 spiro atoms. The molecule has 1 aromatic rings. The molecule has 0 bridgehead atoms. The van der Waals surface area contributed by atoms with Gasteiger partial charge >= 0.3 is 6.03 Å². The minimum atomic E-state index is -0.277. The van der Waals surface area contributed by atoms with E-state index in [9.17, 15) is 9.59 Å². The van der Waals surface area contributed by atoms with E-state index < -0.39 is 0 Å². The molecule has 7 heteroatoms. The van der Waals surface area contributed by atoms with E-state index >= 15 is 0 Å². The van der Waals surface area contributed by atoms with Crippen LogP contribution in [0, 0.1) is 5.92 Å². The second-order valence-corrected chi connectivity index (χ2v) is 5.51. The Hall–Kier alpha value is -2.44. The third kappa shape index (κ3) is 3.08. The highest BCUT2D eigenvalue weighted by atomic mass is 16.7. The molecule has 0 unspecified atom stereocenters. The van der Waals surface area contributed by atoms with Crippen LogP contribution in [0.2, 0.25) is 0 Å². The maximum atomic E-state index is 12.1. The van der Waals surface area contributed by atoms with Crippen LogP contribution in [0.15, 0.2) is 18.2 Å². The smallest absolute Gasteiger partial charge is 0.317 e. The van der Waals surface area contributed by atoms with Gasteiger partial charge in [-0.25, -0.2) is 4.79 Å². The van der Waals surface area contributed by atoms with Crippen LogP contribution in [0.25, 0.3) is 0 Å². The van der Waals surface area contributed by atoms with E-state index in [1.54, 1.807) is 4.90 Å². The molecule has 1 saturated heterocycles. The van der Waals surface area contributed by atoms with Gasteiger partial charge in [0, 0.05) is 25.6 Å². The Bertz CT molecular complexity index is 582. The maximum Gasteiger partial charge on any atom is 0.317 e. The van der Waals surface area contributed by atoms with E-state index in [0.29, 0.717) is 38.2 Å². The summed E-state index contributed by atoms with van der Waals surface area (Å²) in [4.78, 5) is 25.0. The van der Waals surface area contributed by atoms with Crippen molar-refractivity contribution in [2.24, 2.45) is 11.7 Å². The SMILES string of the molecule is NC(=O)C1CCN(C(=O)NCc2ccc3c(c2)OCO3)CC1. The first-order chi connectivity index (χ1) is 10.6. The predicted molar refractivity (Wildman–Crippen MR) is 78.3 cm³/mol. The number of nitrogens with two attached hydrogens (primary N) is 1. The number of nitrogens with one attached hydrogen (secondary N) is 1. The van der Waals surface area contributed by atoms with Crippen LogP contribution in [0.5, 0.6) is 11.5 Å². The fourth-order valence-corrected chi connectivity index (χ4v) is 2.71. The van der Waals surface area contributed by atoms with E-state index in [0.717, 1.165) is 11.3 Å². The molecular weight excluding hydrogens is 286 g/mol. The molecule has 0 atom stereocenters. The summed E-state index contributed by atoms with van der Waals surface area (Å²) in [6.07, 6.45) is 1.26. The molecule has 3 amide bonds. The first-order valence-electron chi connectivity index (χ1n) is 7.34. The van der Waals surface area contributed by atoms with Gasteiger partial charge < -0.3 is 25.4 Å².